The molecule has 0 unspecified atom stereocenters. The van der Waals surface area contributed by atoms with Crippen LogP contribution in [-0.2, 0) is 0 Å². The largest absolute Gasteiger partial charge is 0.301 e. The van der Waals surface area contributed by atoms with E-state index in [9.17, 15) is 0 Å². The molecular weight excluding hydrogens is 324 g/mol. The first kappa shape index (κ1) is 17.6. The summed E-state index contributed by atoms with van der Waals surface area (Å²) < 4.78 is 2.14. The van der Waals surface area contributed by atoms with Crippen LogP contribution in [0, 0.1) is 0 Å². The minimum atomic E-state index is 0.145. The van der Waals surface area contributed by atoms with E-state index in [0.29, 0.717) is 6.04 Å². The second kappa shape index (κ2) is 8.27. The highest BCUT2D eigenvalue weighted by atomic mass is 15.6. The Morgan fingerprint density at radius 1 is 1.00 bits per heavy atom. The molecule has 1 saturated carbocycles. The van der Waals surface area contributed by atoms with Gasteiger partial charge in [-0.2, -0.15) is 0 Å². The number of rotatable bonds is 5. The number of hydrogen-bond donors (Lipinski definition) is 0. The van der Waals surface area contributed by atoms with Crippen molar-refractivity contribution in [3.05, 3.63) is 41.7 Å². The lowest BCUT2D eigenvalue weighted by Gasteiger charge is -2.39. The third-order valence-corrected chi connectivity index (χ3v) is 6.02. The fourth-order valence-electron chi connectivity index (χ4n) is 4.46. The molecule has 0 spiro atoms. The number of nitrogens with zero attached hydrogens (tertiary/aromatic N) is 6. The van der Waals surface area contributed by atoms with Gasteiger partial charge in [0.05, 0.1) is 12.1 Å². The van der Waals surface area contributed by atoms with Crippen molar-refractivity contribution in [1.82, 2.24) is 30.0 Å². The first-order chi connectivity index (χ1) is 12.9. The molecule has 1 aromatic carbocycles. The molecule has 2 aliphatic rings. The smallest absolute Gasteiger partial charge is 0.173 e. The Morgan fingerprint density at radius 3 is 2.42 bits per heavy atom. The molecular formula is C20H30N6. The van der Waals surface area contributed by atoms with Gasteiger partial charge in [0.1, 0.15) is 0 Å². The summed E-state index contributed by atoms with van der Waals surface area (Å²) in [5, 5.41) is 13.1. The summed E-state index contributed by atoms with van der Waals surface area (Å²) in [5.41, 5.74) is 1.30. The topological polar surface area (TPSA) is 50.1 Å². The standard InChI is InChI=1S/C20H30N6/c1-2-24-13-15-25(16-14-24)19(17-9-5-3-6-10-17)20-21-22-23-26(20)18-11-7-4-8-12-18/h3,5-6,9-10,18-19H,2,4,7-8,11-16H2,1H3/t19-/m0/s1. The van der Waals surface area contributed by atoms with E-state index in [2.05, 4.69) is 67.3 Å². The van der Waals surface area contributed by atoms with Crippen molar-refractivity contribution in [2.45, 2.75) is 51.1 Å². The van der Waals surface area contributed by atoms with Gasteiger partial charge in [-0.1, -0.05) is 56.5 Å². The van der Waals surface area contributed by atoms with Crippen LogP contribution in [-0.4, -0.2) is 62.7 Å². The predicted octanol–water partition coefficient (Wildman–Crippen LogP) is 2.91. The van der Waals surface area contributed by atoms with E-state index >= 15 is 0 Å². The van der Waals surface area contributed by atoms with Crippen LogP contribution in [0.1, 0.15) is 62.5 Å². The normalized spacial score (nSPS) is 21.7. The van der Waals surface area contributed by atoms with Gasteiger partial charge < -0.3 is 4.90 Å². The number of hydrogen-bond acceptors (Lipinski definition) is 5. The van der Waals surface area contributed by atoms with Crippen LogP contribution in [0.2, 0.25) is 0 Å². The molecule has 1 aliphatic carbocycles. The van der Waals surface area contributed by atoms with E-state index in [1.54, 1.807) is 0 Å². The number of likely N-dealkylation sites (N-methyl/N-ethyl adjacent to an activating group) is 1. The molecule has 1 atom stereocenters. The summed E-state index contributed by atoms with van der Waals surface area (Å²) in [7, 11) is 0. The molecule has 2 fully saturated rings. The summed E-state index contributed by atoms with van der Waals surface area (Å²) in [6.45, 7) is 7.73. The first-order valence-electron chi connectivity index (χ1n) is 10.2. The van der Waals surface area contributed by atoms with Crippen molar-refractivity contribution >= 4 is 0 Å². The molecule has 6 heteroatoms. The summed E-state index contributed by atoms with van der Waals surface area (Å²) in [4.78, 5) is 5.08. The molecule has 1 saturated heterocycles. The van der Waals surface area contributed by atoms with Crippen molar-refractivity contribution in [2.24, 2.45) is 0 Å². The fraction of sp³-hybridized carbons (Fsp3) is 0.650. The average Bonchev–Trinajstić information content (AvgIpc) is 3.19. The number of tetrazole rings is 1. The highest BCUT2D eigenvalue weighted by Crippen LogP contribution is 2.33. The maximum absolute atomic E-state index is 4.53. The fourth-order valence-corrected chi connectivity index (χ4v) is 4.46. The summed E-state index contributed by atoms with van der Waals surface area (Å²) in [6, 6.07) is 11.4. The lowest BCUT2D eigenvalue weighted by Crippen LogP contribution is -2.48. The van der Waals surface area contributed by atoms with Crippen LogP contribution < -0.4 is 0 Å². The highest BCUT2D eigenvalue weighted by molar-refractivity contribution is 5.25. The van der Waals surface area contributed by atoms with Gasteiger partial charge in [0.2, 0.25) is 0 Å². The van der Waals surface area contributed by atoms with Crippen molar-refractivity contribution in [3.63, 3.8) is 0 Å². The van der Waals surface area contributed by atoms with E-state index in [-0.39, 0.29) is 6.04 Å². The van der Waals surface area contributed by atoms with E-state index in [4.69, 9.17) is 0 Å². The third kappa shape index (κ3) is 3.67. The zero-order valence-electron chi connectivity index (χ0n) is 15.8. The molecule has 1 aliphatic heterocycles. The minimum Gasteiger partial charge on any atom is -0.301 e. The van der Waals surface area contributed by atoms with Crippen LogP contribution >= 0.6 is 0 Å². The zero-order valence-corrected chi connectivity index (χ0v) is 15.8. The van der Waals surface area contributed by atoms with Crippen molar-refractivity contribution in [3.8, 4) is 0 Å². The highest BCUT2D eigenvalue weighted by Gasteiger charge is 2.32. The zero-order chi connectivity index (χ0) is 17.8. The number of aromatic nitrogens is 4. The van der Waals surface area contributed by atoms with Gasteiger partial charge in [0.25, 0.3) is 0 Å². The Kier molecular flexibility index (Phi) is 5.60. The molecule has 6 nitrogen and oxygen atoms in total. The van der Waals surface area contributed by atoms with Crippen LogP contribution in [0.4, 0.5) is 0 Å². The van der Waals surface area contributed by atoms with Gasteiger partial charge in [-0.05, 0) is 35.4 Å². The SMILES string of the molecule is CCN1CCN([C@@H](c2ccccc2)c2nnnn2C2CCCCC2)CC1. The van der Waals surface area contributed by atoms with E-state index < -0.39 is 0 Å². The van der Waals surface area contributed by atoms with E-state index in [0.717, 1.165) is 38.5 Å². The van der Waals surface area contributed by atoms with Crippen molar-refractivity contribution in [1.29, 1.82) is 0 Å². The first-order valence-corrected chi connectivity index (χ1v) is 10.2. The molecule has 0 radical (unpaired) electrons. The molecule has 26 heavy (non-hydrogen) atoms. The van der Waals surface area contributed by atoms with E-state index in [1.807, 2.05) is 0 Å². The lowest BCUT2D eigenvalue weighted by atomic mass is 9.95. The third-order valence-electron chi connectivity index (χ3n) is 6.02. The molecule has 1 aromatic heterocycles. The van der Waals surface area contributed by atoms with Gasteiger partial charge in [-0.3, -0.25) is 4.90 Å². The molecule has 0 N–H and O–H groups in total. The maximum Gasteiger partial charge on any atom is 0.173 e. The summed E-state index contributed by atoms with van der Waals surface area (Å²) in [5.74, 6) is 1.02. The number of benzene rings is 1. The molecule has 140 valence electrons. The van der Waals surface area contributed by atoms with Crippen LogP contribution in [0.5, 0.6) is 0 Å². The van der Waals surface area contributed by atoms with Crippen molar-refractivity contribution in [2.75, 3.05) is 32.7 Å². The lowest BCUT2D eigenvalue weighted by molar-refractivity contribution is 0.107. The monoisotopic (exact) mass is 354 g/mol. The number of piperazine rings is 1. The average molecular weight is 355 g/mol. The van der Waals surface area contributed by atoms with Crippen LogP contribution in [0.3, 0.4) is 0 Å². The van der Waals surface area contributed by atoms with Gasteiger partial charge in [0, 0.05) is 26.2 Å². The van der Waals surface area contributed by atoms with Gasteiger partial charge in [-0.15, -0.1) is 5.10 Å². The predicted molar refractivity (Wildman–Crippen MR) is 102 cm³/mol. The van der Waals surface area contributed by atoms with Crippen molar-refractivity contribution < 1.29 is 0 Å². The van der Waals surface area contributed by atoms with Gasteiger partial charge >= 0.3 is 0 Å². The quantitative estimate of drug-likeness (QED) is 0.826. The molecule has 2 aromatic rings. The van der Waals surface area contributed by atoms with Crippen LogP contribution in [0.25, 0.3) is 0 Å². The molecule has 2 heterocycles. The maximum atomic E-state index is 4.53. The Bertz CT molecular complexity index is 671. The van der Waals surface area contributed by atoms with E-state index in [1.165, 1.54) is 37.7 Å². The minimum absolute atomic E-state index is 0.145. The second-order valence-electron chi connectivity index (χ2n) is 7.56. The summed E-state index contributed by atoms with van der Waals surface area (Å²) in [6.07, 6.45) is 6.31. The van der Waals surface area contributed by atoms with Crippen LogP contribution in [0.15, 0.2) is 30.3 Å². The molecule has 0 bridgehead atoms. The summed E-state index contributed by atoms with van der Waals surface area (Å²) >= 11 is 0. The van der Waals surface area contributed by atoms with Gasteiger partial charge in [0.15, 0.2) is 5.82 Å². The Hall–Kier alpha value is -1.79. The Morgan fingerprint density at radius 2 is 1.73 bits per heavy atom. The van der Waals surface area contributed by atoms with Gasteiger partial charge in [-0.25, -0.2) is 4.68 Å². The molecule has 0 amide bonds. The Balaban J connectivity index is 1.65. The Labute approximate surface area is 156 Å². The molecule has 4 rings (SSSR count). The second-order valence-corrected chi connectivity index (χ2v) is 7.56.